The first-order valence-electron chi connectivity index (χ1n) is 5.94. The smallest absolute Gasteiger partial charge is 0.411 e. The number of piperidine rings is 1. The molecule has 0 radical (unpaired) electrons. The zero-order valence-electron chi connectivity index (χ0n) is 10.3. The van der Waals surface area contributed by atoms with Crippen molar-refractivity contribution in [1.82, 2.24) is 4.90 Å². The average molecular weight is 283 g/mol. The Bertz CT molecular complexity index is 332. The third-order valence-corrected chi connectivity index (χ3v) is 2.85. The van der Waals surface area contributed by atoms with Crippen LogP contribution in [-0.2, 0) is 14.3 Å². The van der Waals surface area contributed by atoms with Gasteiger partial charge in [-0.2, -0.15) is 13.2 Å². The summed E-state index contributed by atoms with van der Waals surface area (Å²) in [5.74, 6) is -1.91. The molecule has 0 aromatic rings. The number of carboxylic acids is 1. The number of halogens is 3. The number of amides is 1. The van der Waals surface area contributed by atoms with Crippen LogP contribution in [0.3, 0.4) is 0 Å². The first-order valence-corrected chi connectivity index (χ1v) is 5.94. The number of nitrogens with zero attached hydrogens (tertiary/aromatic N) is 1. The Labute approximate surface area is 108 Å². The van der Waals surface area contributed by atoms with Gasteiger partial charge in [-0.25, -0.2) is 0 Å². The summed E-state index contributed by atoms with van der Waals surface area (Å²) < 4.78 is 39.7. The second kappa shape index (κ2) is 6.74. The van der Waals surface area contributed by atoms with Gasteiger partial charge in [0.2, 0.25) is 5.91 Å². The highest BCUT2D eigenvalue weighted by Gasteiger charge is 2.29. The van der Waals surface area contributed by atoms with Gasteiger partial charge in [0.05, 0.1) is 18.9 Å². The van der Waals surface area contributed by atoms with Gasteiger partial charge in [-0.1, -0.05) is 0 Å². The summed E-state index contributed by atoms with van der Waals surface area (Å²) in [6.45, 7) is -1.13. The maximum Gasteiger partial charge on any atom is 0.411 e. The average Bonchev–Trinajstić information content (AvgIpc) is 2.33. The van der Waals surface area contributed by atoms with Crippen molar-refractivity contribution in [3.05, 3.63) is 0 Å². The quantitative estimate of drug-likeness (QED) is 0.772. The molecule has 1 N–H and O–H groups in total. The zero-order valence-corrected chi connectivity index (χ0v) is 10.3. The van der Waals surface area contributed by atoms with E-state index in [1.807, 2.05) is 0 Å². The Morgan fingerprint density at radius 2 is 2.05 bits per heavy atom. The number of carboxylic acid groups (broad SMARTS) is 1. The third-order valence-electron chi connectivity index (χ3n) is 2.85. The lowest BCUT2D eigenvalue weighted by molar-refractivity contribution is -0.175. The molecule has 110 valence electrons. The highest BCUT2D eigenvalue weighted by molar-refractivity contribution is 5.78. The van der Waals surface area contributed by atoms with E-state index in [0.29, 0.717) is 19.4 Å². The van der Waals surface area contributed by atoms with Crippen molar-refractivity contribution in [2.45, 2.75) is 25.4 Å². The first kappa shape index (κ1) is 15.7. The summed E-state index contributed by atoms with van der Waals surface area (Å²) in [6, 6.07) is 0. The van der Waals surface area contributed by atoms with Crippen molar-refractivity contribution in [2.75, 3.05) is 26.3 Å². The fraction of sp³-hybridized carbons (Fsp3) is 0.818. The molecule has 1 atom stereocenters. The van der Waals surface area contributed by atoms with Gasteiger partial charge in [0.15, 0.2) is 0 Å². The third kappa shape index (κ3) is 5.91. The number of hydrogen-bond acceptors (Lipinski definition) is 3. The lowest BCUT2D eigenvalue weighted by Gasteiger charge is -2.30. The van der Waals surface area contributed by atoms with Crippen molar-refractivity contribution >= 4 is 11.9 Å². The summed E-state index contributed by atoms with van der Waals surface area (Å²) in [6.07, 6.45) is -3.46. The highest BCUT2D eigenvalue weighted by Crippen LogP contribution is 2.18. The Morgan fingerprint density at radius 1 is 1.37 bits per heavy atom. The molecule has 0 spiro atoms. The number of alkyl halides is 3. The zero-order chi connectivity index (χ0) is 14.5. The molecule has 1 amide bonds. The molecule has 5 nitrogen and oxygen atoms in total. The van der Waals surface area contributed by atoms with Gasteiger partial charge >= 0.3 is 12.1 Å². The molecular weight excluding hydrogens is 267 g/mol. The largest absolute Gasteiger partial charge is 0.481 e. The summed E-state index contributed by atoms with van der Waals surface area (Å²) in [7, 11) is 0. The maximum atomic E-state index is 11.8. The van der Waals surface area contributed by atoms with Crippen molar-refractivity contribution < 1.29 is 32.6 Å². The van der Waals surface area contributed by atoms with Crippen molar-refractivity contribution in [1.29, 1.82) is 0 Å². The minimum atomic E-state index is -4.40. The standard InChI is InChI=1S/C11H16F3NO4/c12-11(13,14)7-19-5-3-9(16)15-4-1-2-8(6-15)10(17)18/h8H,1-7H2,(H,17,18). The Balaban J connectivity index is 2.27. The van der Waals surface area contributed by atoms with Gasteiger partial charge in [-0.3, -0.25) is 9.59 Å². The molecule has 1 rings (SSSR count). The maximum absolute atomic E-state index is 11.8. The fourth-order valence-electron chi connectivity index (χ4n) is 1.91. The number of likely N-dealkylation sites (tertiary alicyclic amines) is 1. The highest BCUT2D eigenvalue weighted by atomic mass is 19.4. The van der Waals surface area contributed by atoms with E-state index < -0.39 is 24.7 Å². The van der Waals surface area contributed by atoms with E-state index in [9.17, 15) is 22.8 Å². The van der Waals surface area contributed by atoms with E-state index in [2.05, 4.69) is 4.74 Å². The van der Waals surface area contributed by atoms with Crippen LogP contribution in [0, 0.1) is 5.92 Å². The monoisotopic (exact) mass is 283 g/mol. The number of hydrogen-bond donors (Lipinski definition) is 1. The van der Waals surface area contributed by atoms with Gasteiger partial charge in [0.1, 0.15) is 6.61 Å². The Morgan fingerprint density at radius 3 is 2.63 bits per heavy atom. The SMILES string of the molecule is O=C(O)C1CCCN(C(=O)CCOCC(F)(F)F)C1. The van der Waals surface area contributed by atoms with Crippen LogP contribution in [0.4, 0.5) is 13.2 Å². The molecule has 0 bridgehead atoms. The number of rotatable bonds is 5. The van der Waals surface area contributed by atoms with Crippen LogP contribution in [0.15, 0.2) is 0 Å². The van der Waals surface area contributed by atoms with Crippen molar-refractivity contribution in [3.63, 3.8) is 0 Å². The molecule has 0 saturated carbocycles. The summed E-state index contributed by atoms with van der Waals surface area (Å²) in [4.78, 5) is 23.8. The normalized spacial score (nSPS) is 20.4. The summed E-state index contributed by atoms with van der Waals surface area (Å²) in [5.41, 5.74) is 0. The molecule has 1 unspecified atom stereocenters. The van der Waals surface area contributed by atoms with Crippen LogP contribution in [-0.4, -0.2) is 54.4 Å². The predicted octanol–water partition coefficient (Wildman–Crippen LogP) is 1.28. The molecule has 0 aromatic heterocycles. The van der Waals surface area contributed by atoms with Crippen LogP contribution in [0.5, 0.6) is 0 Å². The molecule has 1 aliphatic rings. The van der Waals surface area contributed by atoms with E-state index in [4.69, 9.17) is 5.11 Å². The van der Waals surface area contributed by atoms with Gasteiger partial charge in [-0.05, 0) is 12.8 Å². The summed E-state index contributed by atoms with van der Waals surface area (Å²) >= 11 is 0. The minimum absolute atomic E-state index is 0.118. The van der Waals surface area contributed by atoms with Crippen LogP contribution >= 0.6 is 0 Å². The van der Waals surface area contributed by atoms with Crippen LogP contribution in [0.1, 0.15) is 19.3 Å². The molecule has 8 heteroatoms. The van der Waals surface area contributed by atoms with Crippen LogP contribution in [0.2, 0.25) is 0 Å². The second-order valence-corrected chi connectivity index (χ2v) is 4.43. The van der Waals surface area contributed by atoms with E-state index in [0.717, 1.165) is 0 Å². The van der Waals surface area contributed by atoms with E-state index >= 15 is 0 Å². The van der Waals surface area contributed by atoms with Gasteiger partial charge in [0.25, 0.3) is 0 Å². The summed E-state index contributed by atoms with van der Waals surface area (Å²) in [5, 5.41) is 8.85. The van der Waals surface area contributed by atoms with Crippen molar-refractivity contribution in [2.24, 2.45) is 5.92 Å². The predicted molar refractivity (Wildman–Crippen MR) is 58.4 cm³/mol. The lowest BCUT2D eigenvalue weighted by Crippen LogP contribution is -2.42. The second-order valence-electron chi connectivity index (χ2n) is 4.43. The van der Waals surface area contributed by atoms with Crippen molar-refractivity contribution in [3.8, 4) is 0 Å². The molecular formula is C11H16F3NO4. The number of ether oxygens (including phenoxy) is 1. The first-order chi connectivity index (χ1) is 8.79. The van der Waals surface area contributed by atoms with E-state index in [1.54, 1.807) is 0 Å². The van der Waals surface area contributed by atoms with E-state index in [1.165, 1.54) is 4.90 Å². The van der Waals surface area contributed by atoms with E-state index in [-0.39, 0.29) is 25.5 Å². The molecule has 0 aromatic carbocycles. The lowest BCUT2D eigenvalue weighted by atomic mass is 9.98. The van der Waals surface area contributed by atoms with Gasteiger partial charge in [-0.15, -0.1) is 0 Å². The topological polar surface area (TPSA) is 66.8 Å². The minimum Gasteiger partial charge on any atom is -0.481 e. The molecule has 19 heavy (non-hydrogen) atoms. The molecule has 1 heterocycles. The number of aliphatic carboxylic acids is 1. The number of carbonyl (C=O) groups excluding carboxylic acids is 1. The molecule has 1 fully saturated rings. The Hall–Kier alpha value is -1.31. The molecule has 0 aliphatic carbocycles. The molecule has 1 saturated heterocycles. The number of carbonyl (C=O) groups is 2. The van der Waals surface area contributed by atoms with Gasteiger partial charge in [0, 0.05) is 13.1 Å². The van der Waals surface area contributed by atoms with Gasteiger partial charge < -0.3 is 14.7 Å². The van der Waals surface area contributed by atoms with Crippen LogP contribution in [0.25, 0.3) is 0 Å². The molecule has 1 aliphatic heterocycles. The fourth-order valence-corrected chi connectivity index (χ4v) is 1.91. The van der Waals surface area contributed by atoms with Crippen LogP contribution < -0.4 is 0 Å². The Kier molecular flexibility index (Phi) is 5.59.